The maximum absolute atomic E-state index is 12.5. The van der Waals surface area contributed by atoms with Crippen molar-refractivity contribution in [1.82, 2.24) is 4.90 Å². The fourth-order valence-electron chi connectivity index (χ4n) is 2.91. The van der Waals surface area contributed by atoms with Crippen molar-refractivity contribution in [3.63, 3.8) is 0 Å². The van der Waals surface area contributed by atoms with Crippen molar-refractivity contribution in [1.29, 1.82) is 5.26 Å². The average Bonchev–Trinajstić information content (AvgIpc) is 3.10. The van der Waals surface area contributed by atoms with Crippen LogP contribution in [0, 0.1) is 11.3 Å². The van der Waals surface area contributed by atoms with Gasteiger partial charge < -0.3 is 19.7 Å². The van der Waals surface area contributed by atoms with Gasteiger partial charge in [0.15, 0.2) is 6.29 Å². The Hall–Kier alpha value is -2.10. The number of carbonyl (C=O) groups excluding carboxylic acids is 1. The van der Waals surface area contributed by atoms with E-state index < -0.39 is 0 Å². The first-order valence-electron chi connectivity index (χ1n) is 7.59. The molecule has 2 amide bonds. The molecule has 3 rings (SSSR count). The first-order chi connectivity index (χ1) is 10.8. The number of nitriles is 1. The van der Waals surface area contributed by atoms with Crippen molar-refractivity contribution in [3.8, 4) is 6.07 Å². The lowest BCUT2D eigenvalue weighted by molar-refractivity contribution is -0.0973. The molecule has 0 bridgehead atoms. The summed E-state index contributed by atoms with van der Waals surface area (Å²) >= 11 is 0. The molecular weight excluding hydrogens is 282 g/mol. The van der Waals surface area contributed by atoms with Crippen LogP contribution in [0.2, 0.25) is 0 Å². The smallest absolute Gasteiger partial charge is 0.322 e. The molecule has 2 aliphatic heterocycles. The van der Waals surface area contributed by atoms with Gasteiger partial charge in [0.2, 0.25) is 0 Å². The van der Waals surface area contributed by atoms with E-state index in [0.717, 1.165) is 19.3 Å². The van der Waals surface area contributed by atoms with Crippen LogP contribution in [0.1, 0.15) is 24.8 Å². The molecule has 1 aromatic rings. The van der Waals surface area contributed by atoms with Crippen LogP contribution in [0.3, 0.4) is 0 Å². The van der Waals surface area contributed by atoms with Crippen LogP contribution in [-0.2, 0) is 9.47 Å². The summed E-state index contributed by atoms with van der Waals surface area (Å²) in [6.45, 7) is 1.88. The Bertz CT molecular complexity index is 561. The number of anilines is 1. The van der Waals surface area contributed by atoms with Crippen LogP contribution in [0.25, 0.3) is 0 Å². The number of ether oxygens (including phenoxy) is 2. The van der Waals surface area contributed by atoms with Gasteiger partial charge in [-0.2, -0.15) is 5.26 Å². The van der Waals surface area contributed by atoms with Gasteiger partial charge in [0.05, 0.1) is 30.9 Å². The van der Waals surface area contributed by atoms with Crippen LogP contribution >= 0.6 is 0 Å². The molecular formula is C16H19N3O3. The van der Waals surface area contributed by atoms with E-state index in [0.29, 0.717) is 31.0 Å². The summed E-state index contributed by atoms with van der Waals surface area (Å²) in [7, 11) is 0. The van der Waals surface area contributed by atoms with Crippen molar-refractivity contribution in [3.05, 3.63) is 29.8 Å². The lowest BCUT2D eigenvalue weighted by Gasteiger charge is -2.37. The summed E-state index contributed by atoms with van der Waals surface area (Å²) in [5.74, 6) is 0. The molecule has 0 radical (unpaired) electrons. The molecule has 1 N–H and O–H groups in total. The monoisotopic (exact) mass is 301 g/mol. The Morgan fingerprint density at radius 3 is 2.64 bits per heavy atom. The summed E-state index contributed by atoms with van der Waals surface area (Å²) in [5, 5.41) is 11.7. The van der Waals surface area contributed by atoms with Crippen LogP contribution < -0.4 is 5.32 Å². The Kier molecular flexibility index (Phi) is 4.56. The van der Waals surface area contributed by atoms with E-state index in [4.69, 9.17) is 14.7 Å². The van der Waals surface area contributed by atoms with Crippen molar-refractivity contribution in [2.75, 3.05) is 25.1 Å². The van der Waals surface area contributed by atoms with E-state index in [1.807, 2.05) is 0 Å². The Labute approximate surface area is 129 Å². The molecule has 0 aromatic heterocycles. The molecule has 0 saturated carbocycles. The van der Waals surface area contributed by atoms with Crippen LogP contribution in [0.15, 0.2) is 24.3 Å². The molecule has 1 atom stereocenters. The third kappa shape index (κ3) is 3.21. The zero-order chi connectivity index (χ0) is 15.4. The van der Waals surface area contributed by atoms with Crippen LogP contribution in [0.5, 0.6) is 0 Å². The minimum atomic E-state index is -0.313. The molecule has 2 saturated heterocycles. The van der Waals surface area contributed by atoms with E-state index >= 15 is 0 Å². The van der Waals surface area contributed by atoms with Crippen molar-refractivity contribution < 1.29 is 14.3 Å². The summed E-state index contributed by atoms with van der Waals surface area (Å²) < 4.78 is 11.1. The van der Waals surface area contributed by atoms with Crippen molar-refractivity contribution in [2.45, 2.75) is 31.6 Å². The second-order valence-corrected chi connectivity index (χ2v) is 5.49. The second-order valence-electron chi connectivity index (χ2n) is 5.49. The minimum Gasteiger partial charge on any atom is -0.348 e. The van der Waals surface area contributed by atoms with Crippen molar-refractivity contribution in [2.24, 2.45) is 0 Å². The number of likely N-dealkylation sites (tertiary alicyclic amines) is 1. The first kappa shape index (κ1) is 14.8. The summed E-state index contributed by atoms with van der Waals surface area (Å²) in [5.41, 5.74) is 1.25. The fraction of sp³-hybridized carbons (Fsp3) is 0.500. The molecule has 1 aromatic carbocycles. The van der Waals surface area contributed by atoms with Gasteiger partial charge in [0.1, 0.15) is 0 Å². The zero-order valence-corrected chi connectivity index (χ0v) is 12.3. The molecule has 2 heterocycles. The lowest BCUT2D eigenvalue weighted by atomic mass is 10.0. The number of piperidine rings is 1. The quantitative estimate of drug-likeness (QED) is 0.909. The van der Waals surface area contributed by atoms with E-state index in [1.165, 1.54) is 0 Å². The number of rotatable bonds is 2. The predicted octanol–water partition coefficient (Wildman–Crippen LogP) is 2.32. The van der Waals surface area contributed by atoms with Gasteiger partial charge in [-0.05, 0) is 43.5 Å². The topological polar surface area (TPSA) is 74.6 Å². The summed E-state index contributed by atoms with van der Waals surface area (Å²) in [6.07, 6.45) is 2.65. The van der Waals surface area contributed by atoms with Crippen molar-refractivity contribution >= 4 is 11.7 Å². The standard InChI is InChI=1S/C16H19N3O3/c17-11-12-4-6-13(7-5-12)18-16(20)19-8-2-1-3-14(19)15-21-9-10-22-15/h4-7,14-15H,1-3,8-10H2,(H,18,20)/t14-/m1/s1. The molecule has 0 unspecified atom stereocenters. The molecule has 0 spiro atoms. The van der Waals surface area contributed by atoms with Gasteiger partial charge in [-0.15, -0.1) is 0 Å². The number of hydrogen-bond donors (Lipinski definition) is 1. The number of benzene rings is 1. The largest absolute Gasteiger partial charge is 0.348 e. The average molecular weight is 301 g/mol. The molecule has 22 heavy (non-hydrogen) atoms. The molecule has 0 aliphatic carbocycles. The molecule has 2 aliphatic rings. The predicted molar refractivity (Wildman–Crippen MR) is 80.2 cm³/mol. The van der Waals surface area contributed by atoms with Gasteiger partial charge in [0.25, 0.3) is 0 Å². The maximum Gasteiger partial charge on any atom is 0.322 e. The van der Waals surface area contributed by atoms with E-state index in [-0.39, 0.29) is 18.4 Å². The number of nitrogens with zero attached hydrogens (tertiary/aromatic N) is 2. The molecule has 6 nitrogen and oxygen atoms in total. The minimum absolute atomic E-state index is 0.0327. The zero-order valence-electron chi connectivity index (χ0n) is 12.3. The third-order valence-corrected chi connectivity index (χ3v) is 4.04. The number of amides is 2. The van der Waals surface area contributed by atoms with Gasteiger partial charge in [-0.25, -0.2) is 4.79 Å². The molecule has 116 valence electrons. The van der Waals surface area contributed by atoms with Gasteiger partial charge >= 0.3 is 6.03 Å². The van der Waals surface area contributed by atoms with Gasteiger partial charge in [-0.3, -0.25) is 0 Å². The molecule has 2 fully saturated rings. The van der Waals surface area contributed by atoms with E-state index in [2.05, 4.69) is 11.4 Å². The third-order valence-electron chi connectivity index (χ3n) is 4.04. The van der Waals surface area contributed by atoms with Crippen LogP contribution in [-0.4, -0.2) is 43.0 Å². The maximum atomic E-state index is 12.5. The number of hydrogen-bond acceptors (Lipinski definition) is 4. The number of urea groups is 1. The highest BCUT2D eigenvalue weighted by molar-refractivity contribution is 5.89. The Balaban J connectivity index is 1.67. The number of carbonyl (C=O) groups is 1. The van der Waals surface area contributed by atoms with Gasteiger partial charge in [0, 0.05) is 12.2 Å². The fourth-order valence-corrected chi connectivity index (χ4v) is 2.91. The highest BCUT2D eigenvalue weighted by Crippen LogP contribution is 2.25. The highest BCUT2D eigenvalue weighted by Gasteiger charge is 2.36. The normalized spacial score (nSPS) is 22.3. The Morgan fingerprint density at radius 1 is 1.23 bits per heavy atom. The van der Waals surface area contributed by atoms with Gasteiger partial charge in [-0.1, -0.05) is 0 Å². The van der Waals surface area contributed by atoms with E-state index in [1.54, 1.807) is 29.2 Å². The van der Waals surface area contributed by atoms with Crippen LogP contribution in [0.4, 0.5) is 10.5 Å². The lowest BCUT2D eigenvalue weighted by Crippen LogP contribution is -2.51. The second kappa shape index (κ2) is 6.77. The number of nitrogens with one attached hydrogen (secondary N) is 1. The highest BCUT2D eigenvalue weighted by atomic mass is 16.7. The summed E-state index contributed by atoms with van der Waals surface area (Å²) in [4.78, 5) is 14.3. The van der Waals surface area contributed by atoms with E-state index in [9.17, 15) is 4.79 Å². The summed E-state index contributed by atoms with van der Waals surface area (Å²) in [6, 6.07) is 8.72. The SMILES string of the molecule is N#Cc1ccc(NC(=O)N2CCCC[C@@H]2C2OCCO2)cc1. The molecule has 6 heteroatoms. The Morgan fingerprint density at radius 2 is 1.95 bits per heavy atom. The first-order valence-corrected chi connectivity index (χ1v) is 7.59.